The van der Waals surface area contributed by atoms with Gasteiger partial charge in [-0.15, -0.1) is 0 Å². The summed E-state index contributed by atoms with van der Waals surface area (Å²) < 4.78 is 9.95. The van der Waals surface area contributed by atoms with Crippen molar-refractivity contribution in [2.24, 2.45) is 0 Å². The van der Waals surface area contributed by atoms with E-state index < -0.39 is 0 Å². The molecular weight excluding hydrogens is 242 g/mol. The molecule has 0 bridgehead atoms. The third-order valence-electron chi connectivity index (χ3n) is 3.22. The third-order valence-corrected chi connectivity index (χ3v) is 3.22. The number of nitrogens with zero attached hydrogens (tertiary/aromatic N) is 1. The fourth-order valence-corrected chi connectivity index (χ4v) is 1.99. The number of carbonyl (C=O) groups excluding carboxylic acids is 1. The van der Waals surface area contributed by atoms with Gasteiger partial charge in [-0.25, -0.2) is 0 Å². The number of rotatable bonds is 6. The largest absolute Gasteiger partial charge is 0.496 e. The van der Waals surface area contributed by atoms with E-state index in [4.69, 9.17) is 4.74 Å². The van der Waals surface area contributed by atoms with Crippen LogP contribution in [0.4, 0.5) is 0 Å². The lowest BCUT2D eigenvalue weighted by molar-refractivity contribution is -0.140. The molecule has 0 aliphatic carbocycles. The van der Waals surface area contributed by atoms with Crippen LogP contribution in [0, 0.1) is 13.8 Å². The molecule has 0 N–H and O–H groups in total. The van der Waals surface area contributed by atoms with Crippen LogP contribution in [0.5, 0.6) is 5.75 Å². The first-order valence-electron chi connectivity index (χ1n) is 6.37. The second-order valence-corrected chi connectivity index (χ2v) is 4.81. The second kappa shape index (κ2) is 7.14. The van der Waals surface area contributed by atoms with Crippen molar-refractivity contribution >= 4 is 5.97 Å². The summed E-state index contributed by atoms with van der Waals surface area (Å²) in [6.07, 6.45) is 0.418. The average molecular weight is 265 g/mol. The van der Waals surface area contributed by atoms with Crippen molar-refractivity contribution in [1.82, 2.24) is 4.90 Å². The van der Waals surface area contributed by atoms with Crippen LogP contribution in [0.15, 0.2) is 12.1 Å². The van der Waals surface area contributed by atoms with Crippen molar-refractivity contribution in [2.75, 3.05) is 27.8 Å². The predicted molar refractivity (Wildman–Crippen MR) is 75.4 cm³/mol. The highest BCUT2D eigenvalue weighted by Gasteiger charge is 2.09. The molecule has 0 atom stereocenters. The maximum Gasteiger partial charge on any atom is 0.306 e. The molecule has 0 heterocycles. The van der Waals surface area contributed by atoms with Gasteiger partial charge in [0.2, 0.25) is 0 Å². The zero-order chi connectivity index (χ0) is 14.4. The van der Waals surface area contributed by atoms with Crippen molar-refractivity contribution in [2.45, 2.75) is 26.8 Å². The Kier molecular flexibility index (Phi) is 5.83. The maximum atomic E-state index is 11.1. The molecule has 0 unspecified atom stereocenters. The molecule has 19 heavy (non-hydrogen) atoms. The minimum Gasteiger partial charge on any atom is -0.496 e. The predicted octanol–water partition coefficient (Wildman–Crippen LogP) is 2.31. The second-order valence-electron chi connectivity index (χ2n) is 4.81. The molecular formula is C15H23NO3. The normalized spacial score (nSPS) is 10.6. The quantitative estimate of drug-likeness (QED) is 0.740. The summed E-state index contributed by atoms with van der Waals surface area (Å²) in [6, 6.07) is 4.20. The van der Waals surface area contributed by atoms with Gasteiger partial charge in [0.1, 0.15) is 5.75 Å². The Morgan fingerprint density at radius 2 is 1.89 bits per heavy atom. The van der Waals surface area contributed by atoms with E-state index in [0.717, 1.165) is 17.9 Å². The Labute approximate surface area is 115 Å². The summed E-state index contributed by atoms with van der Waals surface area (Å²) in [5.41, 5.74) is 3.59. The Hall–Kier alpha value is -1.55. The number of esters is 1. The van der Waals surface area contributed by atoms with Crippen LogP contribution in [0.1, 0.15) is 23.1 Å². The minimum absolute atomic E-state index is 0.172. The van der Waals surface area contributed by atoms with Crippen molar-refractivity contribution < 1.29 is 14.3 Å². The number of aryl methyl sites for hydroxylation is 2. The number of methoxy groups -OCH3 is 2. The fraction of sp³-hybridized carbons (Fsp3) is 0.533. The summed E-state index contributed by atoms with van der Waals surface area (Å²) in [4.78, 5) is 13.2. The van der Waals surface area contributed by atoms with Gasteiger partial charge in [-0.2, -0.15) is 0 Å². The van der Waals surface area contributed by atoms with Gasteiger partial charge in [0.25, 0.3) is 0 Å². The topological polar surface area (TPSA) is 38.8 Å². The van der Waals surface area contributed by atoms with Crippen LogP contribution in [0.25, 0.3) is 0 Å². The first kappa shape index (κ1) is 15.5. The van der Waals surface area contributed by atoms with Gasteiger partial charge in [-0.3, -0.25) is 4.79 Å². The molecule has 0 aliphatic rings. The molecule has 0 aliphatic heterocycles. The molecule has 1 rings (SSSR count). The molecule has 0 fully saturated rings. The zero-order valence-corrected chi connectivity index (χ0v) is 12.4. The molecule has 0 radical (unpaired) electrons. The number of carbonyl (C=O) groups is 1. The summed E-state index contributed by atoms with van der Waals surface area (Å²) in [5.74, 6) is 0.743. The Morgan fingerprint density at radius 3 is 2.47 bits per heavy atom. The van der Waals surface area contributed by atoms with E-state index in [9.17, 15) is 4.79 Å². The highest BCUT2D eigenvalue weighted by Crippen LogP contribution is 2.23. The summed E-state index contributed by atoms with van der Waals surface area (Å²) >= 11 is 0. The van der Waals surface area contributed by atoms with Crippen molar-refractivity contribution in [3.8, 4) is 5.75 Å². The monoisotopic (exact) mass is 265 g/mol. The Balaban J connectivity index is 2.66. The third kappa shape index (κ3) is 4.56. The van der Waals surface area contributed by atoms with Gasteiger partial charge in [0.05, 0.1) is 20.6 Å². The highest BCUT2D eigenvalue weighted by molar-refractivity contribution is 5.69. The lowest BCUT2D eigenvalue weighted by atomic mass is 10.0. The molecule has 0 aromatic heterocycles. The SMILES string of the molecule is COC(=O)CCN(C)Cc1cc(C)c(OC)cc1C. The van der Waals surface area contributed by atoms with Crippen LogP contribution in [-0.2, 0) is 16.1 Å². The van der Waals surface area contributed by atoms with Crippen LogP contribution < -0.4 is 4.74 Å². The van der Waals surface area contributed by atoms with E-state index in [1.54, 1.807) is 7.11 Å². The molecule has 106 valence electrons. The van der Waals surface area contributed by atoms with E-state index in [-0.39, 0.29) is 5.97 Å². The van der Waals surface area contributed by atoms with Crippen molar-refractivity contribution in [3.05, 3.63) is 28.8 Å². The van der Waals surface area contributed by atoms with E-state index in [1.807, 2.05) is 14.0 Å². The van der Waals surface area contributed by atoms with Gasteiger partial charge in [-0.1, -0.05) is 6.07 Å². The van der Waals surface area contributed by atoms with Gasteiger partial charge in [0.15, 0.2) is 0 Å². The molecule has 4 heteroatoms. The maximum absolute atomic E-state index is 11.1. The lowest BCUT2D eigenvalue weighted by Crippen LogP contribution is -2.22. The van der Waals surface area contributed by atoms with Gasteiger partial charge < -0.3 is 14.4 Å². The van der Waals surface area contributed by atoms with Crippen LogP contribution in [0.3, 0.4) is 0 Å². The molecule has 0 saturated heterocycles. The summed E-state index contributed by atoms with van der Waals surface area (Å²) in [6.45, 7) is 5.62. The molecule has 0 saturated carbocycles. The molecule has 0 spiro atoms. The fourth-order valence-electron chi connectivity index (χ4n) is 1.99. The van der Waals surface area contributed by atoms with Gasteiger partial charge in [-0.05, 0) is 43.7 Å². The Bertz CT molecular complexity index is 443. The standard InChI is InChI=1S/C15H23NO3/c1-11-9-14(18-4)12(2)8-13(11)10-16(3)7-6-15(17)19-5/h8-9H,6-7,10H2,1-5H3. The number of ether oxygens (including phenoxy) is 2. The number of benzene rings is 1. The smallest absolute Gasteiger partial charge is 0.306 e. The first-order valence-corrected chi connectivity index (χ1v) is 6.37. The molecule has 1 aromatic rings. The zero-order valence-electron chi connectivity index (χ0n) is 12.4. The van der Waals surface area contributed by atoms with Crippen molar-refractivity contribution in [1.29, 1.82) is 0 Å². The molecule has 4 nitrogen and oxygen atoms in total. The summed E-state index contributed by atoms with van der Waals surface area (Å²) in [7, 11) is 5.10. The van der Waals surface area contributed by atoms with Crippen LogP contribution in [-0.4, -0.2) is 38.7 Å². The molecule has 0 amide bonds. The molecule has 1 aromatic carbocycles. The van der Waals surface area contributed by atoms with E-state index >= 15 is 0 Å². The lowest BCUT2D eigenvalue weighted by Gasteiger charge is -2.18. The van der Waals surface area contributed by atoms with Crippen molar-refractivity contribution in [3.63, 3.8) is 0 Å². The first-order chi connectivity index (χ1) is 8.97. The number of hydrogen-bond acceptors (Lipinski definition) is 4. The van der Waals surface area contributed by atoms with E-state index in [0.29, 0.717) is 13.0 Å². The van der Waals surface area contributed by atoms with E-state index in [2.05, 4.69) is 28.7 Å². The summed E-state index contributed by atoms with van der Waals surface area (Å²) in [5, 5.41) is 0. The number of hydrogen-bond donors (Lipinski definition) is 0. The highest BCUT2D eigenvalue weighted by atomic mass is 16.5. The van der Waals surface area contributed by atoms with Crippen LogP contribution >= 0.6 is 0 Å². The minimum atomic E-state index is -0.172. The Morgan fingerprint density at radius 1 is 1.21 bits per heavy atom. The van der Waals surface area contributed by atoms with Gasteiger partial charge in [0, 0.05) is 13.1 Å². The van der Waals surface area contributed by atoms with Gasteiger partial charge >= 0.3 is 5.97 Å². The average Bonchev–Trinajstić information content (AvgIpc) is 2.39. The van der Waals surface area contributed by atoms with E-state index in [1.165, 1.54) is 18.2 Å². The van der Waals surface area contributed by atoms with Crippen LogP contribution in [0.2, 0.25) is 0 Å².